The predicted molar refractivity (Wildman–Crippen MR) is 258 cm³/mol. The van der Waals surface area contributed by atoms with Gasteiger partial charge in [0.1, 0.15) is 34.6 Å². The van der Waals surface area contributed by atoms with E-state index in [-0.39, 0.29) is 52.2 Å². The zero-order chi connectivity index (χ0) is 42.5. The van der Waals surface area contributed by atoms with Gasteiger partial charge in [-0.25, -0.2) is 8.78 Å². The van der Waals surface area contributed by atoms with E-state index in [1.165, 1.54) is 24.3 Å². The molecule has 0 saturated heterocycles. The number of aromatic hydroxyl groups is 2. The van der Waals surface area contributed by atoms with Gasteiger partial charge in [0.2, 0.25) is 0 Å². The summed E-state index contributed by atoms with van der Waals surface area (Å²) in [4.78, 5) is 0. The van der Waals surface area contributed by atoms with Crippen LogP contribution >= 0.6 is 0 Å². The van der Waals surface area contributed by atoms with Gasteiger partial charge in [-0.15, -0.1) is 0 Å². The number of aryl methyl sites for hydroxylation is 2. The molecule has 0 amide bonds. The quantitative estimate of drug-likeness (QED) is 0.0769. The molecule has 0 atom stereocenters. The molecule has 2 aromatic heterocycles. The maximum absolute atomic E-state index is 15.0. The van der Waals surface area contributed by atoms with Crippen molar-refractivity contribution in [3.63, 3.8) is 0 Å². The third-order valence-electron chi connectivity index (χ3n) is 11.6. The zero-order valence-corrected chi connectivity index (χ0v) is 40.3. The number of para-hydroxylation sites is 4. The summed E-state index contributed by atoms with van der Waals surface area (Å²) >= 11 is 0. The van der Waals surface area contributed by atoms with Crippen molar-refractivity contribution in [2.45, 2.75) is 26.7 Å². The van der Waals surface area contributed by atoms with Gasteiger partial charge in [0.15, 0.2) is 0 Å². The fourth-order valence-corrected chi connectivity index (χ4v) is 8.88. The Hall–Kier alpha value is -6.71. The first kappa shape index (κ1) is 46.3. The smallest absolute Gasteiger partial charge is 0.147 e. The minimum Gasteiger partial charge on any atom is -0.505 e. The first-order valence-electron chi connectivity index (χ1n) is 20.7. The second-order valence-corrected chi connectivity index (χ2v) is 15.8. The summed E-state index contributed by atoms with van der Waals surface area (Å²) in [6, 6.07) is 48.6. The summed E-state index contributed by atoms with van der Waals surface area (Å²) in [5, 5.41) is 28.2. The number of aromatic nitrogens is 2. The third kappa shape index (κ3) is 8.41. The topological polar surface area (TPSA) is 68.8 Å². The predicted octanol–water partition coefficient (Wildman–Crippen LogP) is 14.7. The van der Waals surface area contributed by atoms with Gasteiger partial charge in [-0.2, -0.15) is 0 Å². The van der Waals surface area contributed by atoms with E-state index in [4.69, 9.17) is 9.47 Å². The van der Waals surface area contributed by atoms with Crippen molar-refractivity contribution in [2.75, 3.05) is 13.2 Å². The normalized spacial score (nSPS) is 11.1. The van der Waals surface area contributed by atoms with Crippen molar-refractivity contribution < 1.29 is 54.3 Å². The van der Waals surface area contributed by atoms with Crippen molar-refractivity contribution in [1.82, 2.24) is 9.13 Å². The van der Waals surface area contributed by atoms with E-state index < -0.39 is 11.6 Å². The number of hydrogen-bond acceptors (Lipinski definition) is 4. The van der Waals surface area contributed by atoms with Crippen molar-refractivity contribution >= 4 is 43.6 Å². The Kier molecular flexibility index (Phi) is 13.7. The number of phenolic OH excluding ortho intramolecular Hbond substituents is 2. The number of nitrogens with zero attached hydrogens (tertiary/aromatic N) is 2. The Morgan fingerprint density at radius 2 is 0.754 bits per heavy atom. The summed E-state index contributed by atoms with van der Waals surface area (Å²) in [5.41, 5.74) is 8.58. The molecule has 0 aliphatic carbocycles. The first-order chi connectivity index (χ1) is 30.2. The van der Waals surface area contributed by atoms with Gasteiger partial charge in [0.25, 0.3) is 0 Å². The molecular weight excluding hydrogens is 981 g/mol. The summed E-state index contributed by atoms with van der Waals surface area (Å²) in [7, 11) is 0. The molecule has 0 unspecified atom stereocenters. The number of unbranched alkanes of at least 4 members (excludes halogenated alkanes) is 1. The van der Waals surface area contributed by atoms with E-state index in [0.717, 1.165) is 54.7 Å². The van der Waals surface area contributed by atoms with Crippen LogP contribution in [0.1, 0.15) is 24.0 Å². The van der Waals surface area contributed by atoms with Crippen LogP contribution < -0.4 is 9.47 Å². The minimum atomic E-state index is -0.447. The van der Waals surface area contributed by atoms with Gasteiger partial charge < -0.3 is 43.7 Å². The van der Waals surface area contributed by atoms with Crippen LogP contribution in [0.15, 0.2) is 158 Å². The van der Waals surface area contributed by atoms with Crippen LogP contribution in [0.25, 0.3) is 77.2 Å². The van der Waals surface area contributed by atoms with E-state index in [1.807, 2.05) is 120 Å². The standard InChI is InChI=1S/C54H42F2N2O4.2CH3.Hf/c1-33-27-43(53(59)49(29-33)57-45-17-7-3-13-37(45)38-14-4-8-18-46(38)57)41-31-35(55)21-23-51(41)61-25-11-12-26-62-52-24-22-36(56)32-42(52)44-28-34(2)30-50(54(44)60)58-47-19-9-5-15-39(47)40-16-6-10-20-48(40)58;;;/h3-10,13-24,27-32,59-60H,11-12,25-26H2,1-2H3;2*1H3;/q;2*-1;. The summed E-state index contributed by atoms with van der Waals surface area (Å²) in [6.07, 6.45) is 1.18. The molecule has 8 aromatic carbocycles. The zero-order valence-electron chi connectivity index (χ0n) is 36.7. The number of benzene rings is 8. The monoisotopic (exact) mass is 1030 g/mol. The van der Waals surface area contributed by atoms with Gasteiger partial charge in [-0.05, 0) is 123 Å². The summed E-state index contributed by atoms with van der Waals surface area (Å²) < 4.78 is 46.6. The molecule has 0 radical (unpaired) electrons. The fraction of sp³-hybridized carbons (Fsp3) is 0.107. The summed E-state index contributed by atoms with van der Waals surface area (Å²) in [5.74, 6) is 0.0205. The molecule has 10 aromatic rings. The van der Waals surface area contributed by atoms with E-state index in [1.54, 1.807) is 12.1 Å². The van der Waals surface area contributed by atoms with Crippen LogP contribution in [0.2, 0.25) is 0 Å². The largest absolute Gasteiger partial charge is 0.505 e. The van der Waals surface area contributed by atoms with E-state index in [2.05, 4.69) is 24.3 Å². The number of rotatable bonds is 11. The average Bonchev–Trinajstić information content (AvgIpc) is 3.80. The molecule has 0 spiro atoms. The van der Waals surface area contributed by atoms with Crippen LogP contribution in [0, 0.1) is 40.3 Å². The van der Waals surface area contributed by atoms with Crippen LogP contribution in [0.5, 0.6) is 23.0 Å². The van der Waals surface area contributed by atoms with Crippen LogP contribution in [-0.4, -0.2) is 32.6 Å². The molecule has 326 valence electrons. The molecule has 0 fully saturated rings. The third-order valence-corrected chi connectivity index (χ3v) is 11.6. The van der Waals surface area contributed by atoms with Crippen LogP contribution in [0.4, 0.5) is 8.78 Å². The van der Waals surface area contributed by atoms with Crippen LogP contribution in [0.3, 0.4) is 0 Å². The Morgan fingerprint density at radius 1 is 0.431 bits per heavy atom. The molecule has 9 heteroatoms. The van der Waals surface area contributed by atoms with Gasteiger partial charge in [0, 0.05) is 69.6 Å². The number of hydrogen-bond donors (Lipinski definition) is 2. The van der Waals surface area contributed by atoms with Crippen molar-refractivity contribution in [3.05, 3.63) is 195 Å². The molecule has 0 aliphatic rings. The Morgan fingerprint density at radius 3 is 1.09 bits per heavy atom. The number of fused-ring (bicyclic) bond motifs is 6. The molecule has 65 heavy (non-hydrogen) atoms. The molecule has 10 rings (SSSR count). The molecular formula is C56H48F2HfN2O4-2. The SMILES string of the molecule is Cc1cc(-c2cc(F)ccc2OCCCCOc2ccc(F)cc2-c2cc(C)cc(-n3c4ccccc4c4ccccc43)c2O)c(O)c(-n2c3ccccc3c3ccccc32)c1.[CH3-].[CH3-].[Hf]. The summed E-state index contributed by atoms with van der Waals surface area (Å²) in [6.45, 7) is 4.51. The number of phenols is 2. The number of halogens is 2. The minimum absolute atomic E-state index is 0. The molecule has 2 N–H and O–H groups in total. The van der Waals surface area contributed by atoms with Crippen LogP contribution in [-0.2, 0) is 25.8 Å². The average molecular weight is 1030 g/mol. The maximum atomic E-state index is 15.0. The first-order valence-corrected chi connectivity index (χ1v) is 20.7. The molecule has 0 bridgehead atoms. The van der Waals surface area contributed by atoms with Gasteiger partial charge in [-0.1, -0.05) is 72.8 Å². The Labute approximate surface area is 396 Å². The Bertz CT molecular complexity index is 3030. The molecule has 0 aliphatic heterocycles. The Balaban J connectivity index is 0.00000210. The van der Waals surface area contributed by atoms with E-state index in [9.17, 15) is 19.0 Å². The molecule has 0 saturated carbocycles. The van der Waals surface area contributed by atoms with Crippen molar-refractivity contribution in [2.24, 2.45) is 0 Å². The van der Waals surface area contributed by atoms with Crippen molar-refractivity contribution in [3.8, 4) is 56.6 Å². The molecule has 6 nitrogen and oxygen atoms in total. The van der Waals surface area contributed by atoms with Crippen molar-refractivity contribution in [1.29, 1.82) is 0 Å². The second-order valence-electron chi connectivity index (χ2n) is 15.8. The van der Waals surface area contributed by atoms with E-state index in [0.29, 0.717) is 71.2 Å². The maximum Gasteiger partial charge on any atom is 0.147 e. The number of ether oxygens (including phenoxy) is 2. The van der Waals surface area contributed by atoms with Gasteiger partial charge in [-0.3, -0.25) is 0 Å². The molecule has 2 heterocycles. The fourth-order valence-electron chi connectivity index (χ4n) is 8.88. The van der Waals surface area contributed by atoms with Gasteiger partial charge in [0.05, 0.1) is 46.7 Å². The van der Waals surface area contributed by atoms with Gasteiger partial charge >= 0.3 is 0 Å². The van der Waals surface area contributed by atoms with E-state index >= 15 is 0 Å². The second kappa shape index (κ2) is 19.2.